The maximum atomic E-state index is 14.2. The smallest absolute Gasteiger partial charge is 0.330 e. The molecule has 3 N–H and O–H groups in total. The van der Waals surface area contributed by atoms with E-state index in [0.29, 0.717) is 10.3 Å². The number of ether oxygens (including phenoxy) is 1. The highest BCUT2D eigenvalue weighted by Gasteiger charge is 2.52. The van der Waals surface area contributed by atoms with Crippen LogP contribution in [0, 0.1) is 0 Å². The van der Waals surface area contributed by atoms with Crippen molar-refractivity contribution in [3.63, 3.8) is 0 Å². The number of rotatable bonds is 6. The van der Waals surface area contributed by atoms with E-state index in [2.05, 4.69) is 0 Å². The Balaban J connectivity index is 1.60. The summed E-state index contributed by atoms with van der Waals surface area (Å²) >= 11 is 0. The molecular formula is C15H16F2N3O5P. The van der Waals surface area contributed by atoms with Gasteiger partial charge in [0.1, 0.15) is 5.75 Å². The van der Waals surface area contributed by atoms with E-state index in [-0.39, 0.29) is 6.61 Å². The standard InChI is InChI=1S/C15H16F2N3O5P/c16-15(17)8-11(9-23-26(18)25-10-4-2-1-3-5-10)24-13(15)20-7-6-12(21)19-14(20)22/h1-7,11,13H,8-9,18H2,(H,19,21,22)/t11-,13+,26?/m0/s1. The largest absolute Gasteiger partial charge is 0.436 e. The molecule has 1 aliphatic heterocycles. The van der Waals surface area contributed by atoms with Crippen LogP contribution in [0.5, 0.6) is 5.75 Å². The summed E-state index contributed by atoms with van der Waals surface area (Å²) < 4.78 is 44.9. The lowest BCUT2D eigenvalue weighted by atomic mass is 10.2. The minimum atomic E-state index is -3.31. The van der Waals surface area contributed by atoms with Crippen LogP contribution in [0.3, 0.4) is 0 Å². The van der Waals surface area contributed by atoms with Crippen molar-refractivity contribution in [3.05, 3.63) is 63.4 Å². The summed E-state index contributed by atoms with van der Waals surface area (Å²) in [6.07, 6.45) is -2.50. The van der Waals surface area contributed by atoms with Crippen LogP contribution in [0.4, 0.5) is 8.78 Å². The van der Waals surface area contributed by atoms with Crippen molar-refractivity contribution in [2.24, 2.45) is 5.50 Å². The van der Waals surface area contributed by atoms with Crippen molar-refractivity contribution in [1.82, 2.24) is 9.55 Å². The van der Waals surface area contributed by atoms with Crippen LogP contribution >= 0.6 is 8.53 Å². The molecule has 0 radical (unpaired) electrons. The first-order chi connectivity index (χ1) is 12.3. The second kappa shape index (κ2) is 7.63. The van der Waals surface area contributed by atoms with Gasteiger partial charge in [-0.2, -0.15) is 0 Å². The molecule has 1 aliphatic rings. The topological polar surface area (TPSA) is 109 Å². The number of halogens is 2. The first kappa shape index (κ1) is 18.7. The second-order valence-electron chi connectivity index (χ2n) is 5.58. The molecule has 0 amide bonds. The number of alkyl halides is 2. The Morgan fingerprint density at radius 2 is 2.04 bits per heavy atom. The molecule has 0 bridgehead atoms. The third-order valence-corrected chi connectivity index (χ3v) is 4.41. The van der Waals surface area contributed by atoms with Gasteiger partial charge in [-0.1, -0.05) is 18.2 Å². The summed E-state index contributed by atoms with van der Waals surface area (Å²) in [5, 5.41) is 0. The average Bonchev–Trinajstić information content (AvgIpc) is 2.88. The van der Waals surface area contributed by atoms with Crippen LogP contribution in [-0.2, 0) is 9.26 Å². The number of nitrogens with zero attached hydrogens (tertiary/aromatic N) is 1. The number of nitrogens with two attached hydrogens (primary N) is 1. The monoisotopic (exact) mass is 387 g/mol. The average molecular weight is 387 g/mol. The van der Waals surface area contributed by atoms with E-state index < -0.39 is 44.5 Å². The summed E-state index contributed by atoms with van der Waals surface area (Å²) in [6.45, 7) is -0.223. The van der Waals surface area contributed by atoms with Crippen LogP contribution in [0.25, 0.3) is 0 Å². The van der Waals surface area contributed by atoms with E-state index in [1.165, 1.54) is 0 Å². The molecule has 3 rings (SSSR count). The summed E-state index contributed by atoms with van der Waals surface area (Å²) in [5.74, 6) is -2.82. The molecule has 26 heavy (non-hydrogen) atoms. The van der Waals surface area contributed by atoms with Crippen LogP contribution in [0.1, 0.15) is 12.6 Å². The van der Waals surface area contributed by atoms with E-state index in [4.69, 9.17) is 19.3 Å². The van der Waals surface area contributed by atoms with Crippen molar-refractivity contribution in [2.45, 2.75) is 24.7 Å². The first-order valence-corrected chi connectivity index (χ1v) is 8.85. The Labute approximate surface area is 147 Å². The van der Waals surface area contributed by atoms with E-state index >= 15 is 0 Å². The van der Waals surface area contributed by atoms with E-state index in [9.17, 15) is 18.4 Å². The number of nitrogens with one attached hydrogen (secondary N) is 1. The molecule has 1 aromatic heterocycles. The molecule has 140 valence electrons. The van der Waals surface area contributed by atoms with Crippen molar-refractivity contribution in [3.8, 4) is 5.75 Å². The Kier molecular flexibility index (Phi) is 5.47. The van der Waals surface area contributed by atoms with Crippen LogP contribution in [-0.4, -0.2) is 28.2 Å². The van der Waals surface area contributed by atoms with Crippen molar-refractivity contribution < 1.29 is 22.6 Å². The van der Waals surface area contributed by atoms with Gasteiger partial charge >= 0.3 is 14.2 Å². The first-order valence-electron chi connectivity index (χ1n) is 7.61. The van der Waals surface area contributed by atoms with Crippen LogP contribution in [0.15, 0.2) is 52.2 Å². The number of aromatic nitrogens is 2. The van der Waals surface area contributed by atoms with Crippen LogP contribution < -0.4 is 21.3 Å². The quantitative estimate of drug-likeness (QED) is 0.731. The van der Waals surface area contributed by atoms with Gasteiger partial charge in [0.05, 0.1) is 12.7 Å². The Bertz CT molecular complexity index is 860. The van der Waals surface area contributed by atoms with Gasteiger partial charge < -0.3 is 13.8 Å². The number of H-pyrrole nitrogens is 1. The number of hydrogen-bond acceptors (Lipinski definition) is 6. The molecular weight excluding hydrogens is 371 g/mol. The van der Waals surface area contributed by atoms with Gasteiger partial charge in [0.25, 0.3) is 11.5 Å². The van der Waals surface area contributed by atoms with Crippen molar-refractivity contribution in [2.75, 3.05) is 6.61 Å². The van der Waals surface area contributed by atoms with Gasteiger partial charge in [0, 0.05) is 18.7 Å². The lowest BCUT2D eigenvalue weighted by Gasteiger charge is -2.19. The fraction of sp³-hybridized carbons (Fsp3) is 0.333. The molecule has 2 heterocycles. The number of benzene rings is 1. The molecule has 8 nitrogen and oxygen atoms in total. The maximum absolute atomic E-state index is 14.2. The van der Waals surface area contributed by atoms with Crippen molar-refractivity contribution >= 4 is 8.53 Å². The minimum Gasteiger partial charge on any atom is -0.436 e. The van der Waals surface area contributed by atoms with E-state index in [0.717, 1.165) is 12.3 Å². The second-order valence-corrected chi connectivity index (χ2v) is 6.59. The fourth-order valence-electron chi connectivity index (χ4n) is 2.48. The van der Waals surface area contributed by atoms with Crippen LogP contribution in [0.2, 0.25) is 0 Å². The van der Waals surface area contributed by atoms with Gasteiger partial charge in [0.15, 0.2) is 0 Å². The SMILES string of the molecule is NP(OC[C@@H]1CC(F)(F)[C@H](n2ccc(=O)[nH]c2=O)O1)Oc1ccccc1. The zero-order chi connectivity index (χ0) is 18.7. The molecule has 0 spiro atoms. The summed E-state index contributed by atoms with van der Waals surface area (Å²) in [4.78, 5) is 24.7. The predicted octanol–water partition coefficient (Wildman–Crippen LogP) is 1.74. The Morgan fingerprint density at radius 3 is 2.73 bits per heavy atom. The molecule has 0 aliphatic carbocycles. The summed E-state index contributed by atoms with van der Waals surface area (Å²) in [6, 6.07) is 9.66. The molecule has 3 atom stereocenters. The Hall–Kier alpha value is -2.13. The van der Waals surface area contributed by atoms with Gasteiger partial charge in [-0.05, 0) is 12.1 Å². The predicted molar refractivity (Wildman–Crippen MR) is 88.9 cm³/mol. The molecule has 1 unspecified atom stereocenters. The van der Waals surface area contributed by atoms with Crippen molar-refractivity contribution in [1.29, 1.82) is 0 Å². The third-order valence-electron chi connectivity index (χ3n) is 3.61. The van der Waals surface area contributed by atoms with E-state index in [1.54, 1.807) is 30.3 Å². The van der Waals surface area contributed by atoms with Gasteiger partial charge in [0.2, 0.25) is 6.23 Å². The Morgan fingerprint density at radius 1 is 1.31 bits per heavy atom. The molecule has 2 aromatic rings. The maximum Gasteiger partial charge on any atom is 0.330 e. The highest BCUT2D eigenvalue weighted by atomic mass is 31.2. The number of aromatic amines is 1. The normalized spacial score (nSPS) is 22.9. The molecule has 1 fully saturated rings. The molecule has 1 aromatic carbocycles. The lowest BCUT2D eigenvalue weighted by molar-refractivity contribution is -0.119. The summed E-state index contributed by atoms with van der Waals surface area (Å²) in [7, 11) is -1.82. The highest BCUT2D eigenvalue weighted by Crippen LogP contribution is 2.43. The molecule has 11 heteroatoms. The summed E-state index contributed by atoms with van der Waals surface area (Å²) in [5.41, 5.74) is 4.06. The molecule has 0 saturated carbocycles. The minimum absolute atomic E-state index is 0.223. The number of para-hydroxylation sites is 1. The zero-order valence-electron chi connectivity index (χ0n) is 13.4. The third kappa shape index (κ3) is 4.34. The highest BCUT2D eigenvalue weighted by molar-refractivity contribution is 7.44. The lowest BCUT2D eigenvalue weighted by Crippen LogP contribution is -2.37. The van der Waals surface area contributed by atoms with E-state index in [1.807, 2.05) is 4.98 Å². The fourth-order valence-corrected chi connectivity index (χ4v) is 3.18. The molecule has 1 saturated heterocycles. The number of hydrogen-bond donors (Lipinski definition) is 2. The van der Waals surface area contributed by atoms with Gasteiger partial charge in [-0.15, -0.1) is 0 Å². The zero-order valence-corrected chi connectivity index (χ0v) is 14.3. The van der Waals surface area contributed by atoms with Gasteiger partial charge in [-0.25, -0.2) is 13.6 Å². The van der Waals surface area contributed by atoms with Gasteiger partial charge in [-0.3, -0.25) is 19.8 Å².